The van der Waals surface area contributed by atoms with Gasteiger partial charge in [0.1, 0.15) is 11.4 Å². The second-order valence-electron chi connectivity index (χ2n) is 11.4. The third-order valence-electron chi connectivity index (χ3n) is 8.72. The number of carboxylic acid groups (broad SMARTS) is 1. The van der Waals surface area contributed by atoms with Crippen LogP contribution >= 0.6 is 0 Å². The number of para-hydroxylation sites is 2. The molecule has 4 aromatic rings. The molecule has 0 radical (unpaired) electrons. The summed E-state index contributed by atoms with van der Waals surface area (Å²) < 4.78 is 17.2. The number of carbonyl (C=O) groups is 2. The first-order valence-electron chi connectivity index (χ1n) is 14.5. The summed E-state index contributed by atoms with van der Waals surface area (Å²) in [7, 11) is 0. The molecule has 1 aliphatic carbocycles. The summed E-state index contributed by atoms with van der Waals surface area (Å²) in [6.45, 7) is 2.44. The normalized spacial score (nSPS) is 17.1. The van der Waals surface area contributed by atoms with Gasteiger partial charge < -0.3 is 14.6 Å². The molecule has 9 heteroatoms. The Morgan fingerprint density at radius 2 is 1.48 bits per heavy atom. The molecule has 1 amide bonds. The molecule has 0 unspecified atom stereocenters. The highest BCUT2D eigenvalue weighted by Crippen LogP contribution is 2.39. The number of amides is 1. The maximum absolute atomic E-state index is 15.4. The largest absolute Gasteiger partial charge is 0.477 e. The van der Waals surface area contributed by atoms with Crippen LogP contribution in [-0.4, -0.2) is 59.2 Å². The van der Waals surface area contributed by atoms with E-state index in [-0.39, 0.29) is 29.4 Å². The van der Waals surface area contributed by atoms with Gasteiger partial charge in [0.05, 0.1) is 29.1 Å². The number of carboxylic acids is 1. The average Bonchev–Trinajstić information content (AvgIpc) is 3.84. The third kappa shape index (κ3) is 4.63. The number of fused-ring (bicyclic) bond motifs is 3. The number of rotatable bonds is 5. The minimum Gasteiger partial charge on any atom is -0.477 e. The second-order valence-corrected chi connectivity index (χ2v) is 11.4. The van der Waals surface area contributed by atoms with Gasteiger partial charge in [0.15, 0.2) is 0 Å². The summed E-state index contributed by atoms with van der Waals surface area (Å²) in [5.74, 6) is -1.85. The van der Waals surface area contributed by atoms with Gasteiger partial charge in [0.2, 0.25) is 11.3 Å². The molecule has 1 saturated heterocycles. The highest BCUT2D eigenvalue weighted by molar-refractivity contribution is 6.03. The Labute approximate surface area is 242 Å². The van der Waals surface area contributed by atoms with Gasteiger partial charge in [0.25, 0.3) is 0 Å². The van der Waals surface area contributed by atoms with E-state index in [1.807, 2.05) is 50.8 Å². The van der Waals surface area contributed by atoms with E-state index in [0.717, 1.165) is 48.2 Å². The summed E-state index contributed by atoms with van der Waals surface area (Å²) in [6.07, 6.45) is 4.93. The molecular weight excluding hydrogens is 535 g/mol. The molecule has 3 heterocycles. The molecule has 0 spiro atoms. The van der Waals surface area contributed by atoms with E-state index in [2.05, 4.69) is 17.0 Å². The zero-order valence-corrected chi connectivity index (χ0v) is 23.1. The fraction of sp³-hybridized carbons (Fsp3) is 0.303. The van der Waals surface area contributed by atoms with Crippen molar-refractivity contribution in [3.63, 3.8) is 0 Å². The maximum Gasteiger partial charge on any atom is 0.341 e. The van der Waals surface area contributed by atoms with Gasteiger partial charge in [0, 0.05) is 43.8 Å². The van der Waals surface area contributed by atoms with E-state index in [0.29, 0.717) is 37.4 Å². The first-order valence-corrected chi connectivity index (χ1v) is 14.5. The van der Waals surface area contributed by atoms with Crippen LogP contribution in [0.2, 0.25) is 0 Å². The number of aromatic nitrogens is 1. The summed E-state index contributed by atoms with van der Waals surface area (Å²) >= 11 is 0. The van der Waals surface area contributed by atoms with Gasteiger partial charge in [-0.1, -0.05) is 36.4 Å². The first-order chi connectivity index (χ1) is 20.4. The Morgan fingerprint density at radius 3 is 2.07 bits per heavy atom. The number of halogens is 1. The fourth-order valence-electron chi connectivity index (χ4n) is 6.37. The highest BCUT2D eigenvalue weighted by Gasteiger charge is 2.30. The van der Waals surface area contributed by atoms with Crippen molar-refractivity contribution in [2.75, 3.05) is 42.5 Å². The van der Waals surface area contributed by atoms with Gasteiger partial charge in [-0.2, -0.15) is 0 Å². The SMILES string of the molecule is O=C(O)c1cn(C2CC2)c2cc(N3CCN(CC(=O)N4c5ccccc5CCc5ccccc54)CC3)c(F)cc2c1=O. The molecule has 0 bridgehead atoms. The number of aromatic carboxylic acids is 1. The molecule has 8 nitrogen and oxygen atoms in total. The first kappa shape index (κ1) is 26.4. The van der Waals surface area contributed by atoms with Crippen molar-refractivity contribution < 1.29 is 19.1 Å². The van der Waals surface area contributed by atoms with E-state index >= 15 is 4.39 Å². The zero-order chi connectivity index (χ0) is 29.0. The number of pyridine rings is 1. The van der Waals surface area contributed by atoms with Gasteiger partial charge in [-0.15, -0.1) is 0 Å². The lowest BCUT2D eigenvalue weighted by atomic mass is 10.0. The molecule has 3 aliphatic rings. The van der Waals surface area contributed by atoms with Crippen molar-refractivity contribution in [1.82, 2.24) is 9.47 Å². The summed E-state index contributed by atoms with van der Waals surface area (Å²) in [5.41, 5.74) is 4.10. The van der Waals surface area contributed by atoms with Crippen LogP contribution in [0.15, 0.2) is 71.7 Å². The zero-order valence-electron chi connectivity index (χ0n) is 23.1. The van der Waals surface area contributed by atoms with Crippen LogP contribution in [0.3, 0.4) is 0 Å². The minimum absolute atomic E-state index is 0.00446. The maximum atomic E-state index is 15.4. The number of hydrogen-bond donors (Lipinski definition) is 1. The number of piperazine rings is 1. The Bertz CT molecular complexity index is 1740. The monoisotopic (exact) mass is 566 g/mol. The number of anilines is 3. The average molecular weight is 567 g/mol. The number of hydrogen-bond acceptors (Lipinski definition) is 5. The van der Waals surface area contributed by atoms with Crippen LogP contribution in [0, 0.1) is 5.82 Å². The molecule has 2 aliphatic heterocycles. The van der Waals surface area contributed by atoms with Crippen molar-refractivity contribution in [2.45, 2.75) is 31.7 Å². The summed E-state index contributed by atoms with van der Waals surface area (Å²) in [4.78, 5) is 44.3. The molecular formula is C33H31FN4O4. The summed E-state index contributed by atoms with van der Waals surface area (Å²) in [6, 6.07) is 19.1. The molecule has 2 fully saturated rings. The topological polar surface area (TPSA) is 86.1 Å². The fourth-order valence-corrected chi connectivity index (χ4v) is 6.37. The lowest BCUT2D eigenvalue weighted by Crippen LogP contribution is -2.50. The van der Waals surface area contributed by atoms with Crippen molar-refractivity contribution in [3.05, 3.63) is 99.6 Å². The van der Waals surface area contributed by atoms with Crippen molar-refractivity contribution in [1.29, 1.82) is 0 Å². The Kier molecular flexibility index (Phi) is 6.54. The predicted octanol–water partition coefficient (Wildman–Crippen LogP) is 4.76. The number of benzene rings is 3. The van der Waals surface area contributed by atoms with Crippen molar-refractivity contribution in [2.24, 2.45) is 0 Å². The smallest absolute Gasteiger partial charge is 0.341 e. The molecule has 1 aromatic heterocycles. The van der Waals surface area contributed by atoms with Crippen molar-refractivity contribution in [3.8, 4) is 0 Å². The third-order valence-corrected chi connectivity index (χ3v) is 8.72. The van der Waals surface area contributed by atoms with Gasteiger partial charge in [-0.3, -0.25) is 19.4 Å². The molecule has 0 atom stereocenters. The van der Waals surface area contributed by atoms with Crippen LogP contribution < -0.4 is 15.2 Å². The Balaban J connectivity index is 1.12. The number of carbonyl (C=O) groups excluding carboxylic acids is 1. The van der Waals surface area contributed by atoms with Gasteiger partial charge in [-0.05, 0) is 61.1 Å². The quantitative estimate of drug-likeness (QED) is 0.375. The molecule has 1 saturated carbocycles. The van der Waals surface area contributed by atoms with Crippen LogP contribution in [-0.2, 0) is 17.6 Å². The van der Waals surface area contributed by atoms with E-state index < -0.39 is 17.2 Å². The van der Waals surface area contributed by atoms with E-state index in [9.17, 15) is 19.5 Å². The lowest BCUT2D eigenvalue weighted by Gasteiger charge is -2.37. The van der Waals surface area contributed by atoms with E-state index in [1.54, 1.807) is 6.07 Å². The molecule has 214 valence electrons. The molecule has 7 rings (SSSR count). The number of nitrogens with zero attached hydrogens (tertiary/aromatic N) is 4. The standard InChI is InChI=1S/C33H31FN4O4/c34-26-17-24-29(37(23-11-12-23)19-25(32(24)40)33(41)42)18-30(26)36-15-13-35(14-16-36)20-31(39)38-27-7-3-1-5-21(27)9-10-22-6-2-4-8-28(22)38/h1-8,17-19,23H,9-16,20H2,(H,41,42). The van der Waals surface area contributed by atoms with Crippen LogP contribution in [0.5, 0.6) is 0 Å². The van der Waals surface area contributed by atoms with E-state index in [1.165, 1.54) is 12.3 Å². The minimum atomic E-state index is -1.31. The number of aryl methyl sites for hydroxylation is 2. The Morgan fingerprint density at radius 1 is 0.857 bits per heavy atom. The van der Waals surface area contributed by atoms with Crippen molar-refractivity contribution >= 4 is 39.8 Å². The second kappa shape index (κ2) is 10.4. The van der Waals surface area contributed by atoms with Crippen LogP contribution in [0.4, 0.5) is 21.5 Å². The molecule has 42 heavy (non-hydrogen) atoms. The van der Waals surface area contributed by atoms with Gasteiger partial charge in [-0.25, -0.2) is 9.18 Å². The van der Waals surface area contributed by atoms with Crippen LogP contribution in [0.1, 0.15) is 40.4 Å². The summed E-state index contributed by atoms with van der Waals surface area (Å²) in [5, 5.41) is 9.60. The van der Waals surface area contributed by atoms with Gasteiger partial charge >= 0.3 is 5.97 Å². The van der Waals surface area contributed by atoms with Crippen LogP contribution in [0.25, 0.3) is 10.9 Å². The molecule has 3 aromatic carbocycles. The Hall–Kier alpha value is -4.50. The highest BCUT2D eigenvalue weighted by atomic mass is 19.1. The van der Waals surface area contributed by atoms with E-state index in [4.69, 9.17) is 0 Å². The predicted molar refractivity (Wildman–Crippen MR) is 159 cm³/mol. The molecule has 1 N–H and O–H groups in total. The lowest BCUT2D eigenvalue weighted by molar-refractivity contribution is -0.119.